The number of carbonyl (C=O) groups excluding carboxylic acids is 2. The van der Waals surface area contributed by atoms with E-state index in [4.69, 9.17) is 9.47 Å². The molecule has 0 saturated heterocycles. The Labute approximate surface area is 151 Å². The fraction of sp³-hybridized carbons (Fsp3) is 0.467. The van der Waals surface area contributed by atoms with E-state index in [0.29, 0.717) is 14.5 Å². The number of ether oxygens (including phenoxy) is 2. The van der Waals surface area contributed by atoms with Gasteiger partial charge in [0.05, 0.1) is 16.1 Å². The highest BCUT2D eigenvalue weighted by atomic mass is 79.9. The molecule has 1 atom stereocenters. The smallest absolute Gasteiger partial charge is 0.408 e. The second-order valence-electron chi connectivity index (χ2n) is 5.83. The van der Waals surface area contributed by atoms with Crippen LogP contribution in [-0.2, 0) is 20.7 Å². The number of phenols is 1. The van der Waals surface area contributed by atoms with Crippen molar-refractivity contribution in [3.05, 3.63) is 26.6 Å². The molecule has 0 spiro atoms. The van der Waals surface area contributed by atoms with Crippen molar-refractivity contribution in [1.29, 1.82) is 0 Å². The third-order valence-corrected chi connectivity index (χ3v) is 3.90. The standard InChI is InChI=1S/C15H19Br2NO5/c1-15(2,3)23-14(21)18-11(13(20)22-4)7-8-5-9(16)12(19)10(17)6-8/h5-6,11,19H,7H2,1-4H3,(H,18,21)/t11-/m1/s1. The molecule has 1 aromatic rings. The molecule has 0 radical (unpaired) electrons. The molecule has 1 amide bonds. The number of carbonyl (C=O) groups is 2. The molecule has 6 nitrogen and oxygen atoms in total. The first-order chi connectivity index (χ1) is 10.5. The molecule has 128 valence electrons. The van der Waals surface area contributed by atoms with E-state index in [1.54, 1.807) is 32.9 Å². The van der Waals surface area contributed by atoms with Crippen LogP contribution in [-0.4, -0.2) is 35.9 Å². The molecule has 1 aromatic carbocycles. The minimum Gasteiger partial charge on any atom is -0.506 e. The molecule has 2 N–H and O–H groups in total. The van der Waals surface area contributed by atoms with E-state index in [0.717, 1.165) is 0 Å². The monoisotopic (exact) mass is 451 g/mol. The summed E-state index contributed by atoms with van der Waals surface area (Å²) in [4.78, 5) is 23.8. The Kier molecular flexibility index (Phi) is 6.88. The van der Waals surface area contributed by atoms with Gasteiger partial charge in [-0.15, -0.1) is 0 Å². The van der Waals surface area contributed by atoms with Crippen LogP contribution in [0.1, 0.15) is 26.3 Å². The zero-order valence-electron chi connectivity index (χ0n) is 13.3. The highest BCUT2D eigenvalue weighted by Crippen LogP contribution is 2.33. The summed E-state index contributed by atoms with van der Waals surface area (Å²) in [5, 5.41) is 12.2. The van der Waals surface area contributed by atoms with Crippen LogP contribution in [0.25, 0.3) is 0 Å². The molecule has 0 unspecified atom stereocenters. The first-order valence-electron chi connectivity index (χ1n) is 6.77. The van der Waals surface area contributed by atoms with Crippen molar-refractivity contribution < 1.29 is 24.2 Å². The second-order valence-corrected chi connectivity index (χ2v) is 7.54. The maximum absolute atomic E-state index is 11.9. The van der Waals surface area contributed by atoms with Gasteiger partial charge in [-0.25, -0.2) is 9.59 Å². The summed E-state index contributed by atoms with van der Waals surface area (Å²) >= 11 is 6.45. The van der Waals surface area contributed by atoms with Gasteiger partial charge in [0.15, 0.2) is 0 Å². The highest BCUT2D eigenvalue weighted by molar-refractivity contribution is 9.11. The van der Waals surface area contributed by atoms with Crippen LogP contribution in [0.15, 0.2) is 21.1 Å². The summed E-state index contributed by atoms with van der Waals surface area (Å²) in [7, 11) is 1.24. The highest BCUT2D eigenvalue weighted by Gasteiger charge is 2.25. The van der Waals surface area contributed by atoms with E-state index in [1.807, 2.05) is 0 Å². The predicted octanol–water partition coefficient (Wildman–Crippen LogP) is 3.53. The van der Waals surface area contributed by atoms with Gasteiger partial charge in [-0.3, -0.25) is 0 Å². The Morgan fingerprint density at radius 3 is 2.22 bits per heavy atom. The van der Waals surface area contributed by atoms with Gasteiger partial charge < -0.3 is 19.9 Å². The molecule has 8 heteroatoms. The molecule has 0 aromatic heterocycles. The Morgan fingerprint density at radius 1 is 1.26 bits per heavy atom. The van der Waals surface area contributed by atoms with Crippen LogP contribution in [0.3, 0.4) is 0 Å². The Hall–Kier alpha value is -1.28. The van der Waals surface area contributed by atoms with Gasteiger partial charge in [0.2, 0.25) is 0 Å². The van der Waals surface area contributed by atoms with Crippen LogP contribution >= 0.6 is 31.9 Å². The van der Waals surface area contributed by atoms with Gasteiger partial charge in [0.1, 0.15) is 17.4 Å². The lowest BCUT2D eigenvalue weighted by molar-refractivity contribution is -0.143. The van der Waals surface area contributed by atoms with Gasteiger partial charge in [0.25, 0.3) is 0 Å². The van der Waals surface area contributed by atoms with E-state index in [9.17, 15) is 14.7 Å². The number of alkyl carbamates (subject to hydrolysis) is 1. The van der Waals surface area contributed by atoms with Crippen molar-refractivity contribution in [2.75, 3.05) is 7.11 Å². The summed E-state index contributed by atoms with van der Waals surface area (Å²) in [6.45, 7) is 5.19. The van der Waals surface area contributed by atoms with Crippen LogP contribution < -0.4 is 5.32 Å². The fourth-order valence-corrected chi connectivity index (χ4v) is 3.04. The maximum Gasteiger partial charge on any atom is 0.408 e. The zero-order valence-corrected chi connectivity index (χ0v) is 16.4. The van der Waals surface area contributed by atoms with Gasteiger partial charge >= 0.3 is 12.1 Å². The van der Waals surface area contributed by atoms with E-state index in [-0.39, 0.29) is 12.2 Å². The molecule has 0 fully saturated rings. The van der Waals surface area contributed by atoms with Crippen molar-refractivity contribution in [3.8, 4) is 5.75 Å². The van der Waals surface area contributed by atoms with E-state index in [1.165, 1.54) is 7.11 Å². The summed E-state index contributed by atoms with van der Waals surface area (Å²) in [5.41, 5.74) is 0.0445. The van der Waals surface area contributed by atoms with Crippen molar-refractivity contribution >= 4 is 43.9 Å². The number of aromatic hydroxyl groups is 1. The molecule has 1 rings (SSSR count). The lowest BCUT2D eigenvalue weighted by Gasteiger charge is -2.22. The van der Waals surface area contributed by atoms with Gasteiger partial charge in [0, 0.05) is 6.42 Å². The molecule has 0 aliphatic carbocycles. The van der Waals surface area contributed by atoms with Gasteiger partial charge in [-0.2, -0.15) is 0 Å². The molecule has 0 aliphatic rings. The fourth-order valence-electron chi connectivity index (χ4n) is 1.76. The zero-order chi connectivity index (χ0) is 17.8. The number of methoxy groups -OCH3 is 1. The number of amides is 1. The maximum atomic E-state index is 11.9. The SMILES string of the molecule is COC(=O)[C@@H](Cc1cc(Br)c(O)c(Br)c1)NC(=O)OC(C)(C)C. The predicted molar refractivity (Wildman–Crippen MR) is 92.4 cm³/mol. The van der Waals surface area contributed by atoms with Gasteiger partial charge in [-0.05, 0) is 70.3 Å². The van der Waals surface area contributed by atoms with Crippen LogP contribution in [0.2, 0.25) is 0 Å². The van der Waals surface area contributed by atoms with Crippen LogP contribution in [0.4, 0.5) is 4.79 Å². The van der Waals surface area contributed by atoms with Crippen molar-refractivity contribution in [2.24, 2.45) is 0 Å². The van der Waals surface area contributed by atoms with E-state index < -0.39 is 23.7 Å². The largest absolute Gasteiger partial charge is 0.506 e. The quantitative estimate of drug-likeness (QED) is 0.682. The molecule has 23 heavy (non-hydrogen) atoms. The molecule has 0 heterocycles. The average Bonchev–Trinajstić information content (AvgIpc) is 2.41. The topological polar surface area (TPSA) is 84.9 Å². The Morgan fingerprint density at radius 2 is 1.78 bits per heavy atom. The number of benzene rings is 1. The first kappa shape index (κ1) is 19.8. The summed E-state index contributed by atoms with van der Waals surface area (Å²) in [6.07, 6.45) is -0.520. The van der Waals surface area contributed by atoms with Crippen molar-refractivity contribution in [3.63, 3.8) is 0 Å². The normalized spacial score (nSPS) is 12.4. The number of halogens is 2. The number of esters is 1. The van der Waals surface area contributed by atoms with Gasteiger partial charge in [-0.1, -0.05) is 0 Å². The average molecular weight is 453 g/mol. The molecular weight excluding hydrogens is 434 g/mol. The summed E-state index contributed by atoms with van der Waals surface area (Å²) in [5.74, 6) is -0.528. The molecular formula is C15H19Br2NO5. The minimum atomic E-state index is -0.904. The minimum absolute atomic E-state index is 0.0588. The van der Waals surface area contributed by atoms with Crippen molar-refractivity contribution in [2.45, 2.75) is 38.8 Å². The van der Waals surface area contributed by atoms with Crippen molar-refractivity contribution in [1.82, 2.24) is 5.32 Å². The third-order valence-electron chi connectivity index (χ3n) is 2.69. The van der Waals surface area contributed by atoms with Crippen LogP contribution in [0, 0.1) is 0 Å². The molecule has 0 saturated carbocycles. The number of phenolic OH excluding ortho intramolecular Hbond substituents is 1. The van der Waals surface area contributed by atoms with E-state index >= 15 is 0 Å². The summed E-state index contributed by atoms with van der Waals surface area (Å²) in [6, 6.07) is 2.41. The molecule has 0 aliphatic heterocycles. The van der Waals surface area contributed by atoms with E-state index in [2.05, 4.69) is 37.2 Å². The Bertz CT molecular complexity index is 575. The second kappa shape index (κ2) is 8.01. The summed E-state index contributed by atoms with van der Waals surface area (Å²) < 4.78 is 10.8. The number of nitrogens with one attached hydrogen (secondary N) is 1. The third kappa shape index (κ3) is 6.39. The number of hydrogen-bond acceptors (Lipinski definition) is 5. The lowest BCUT2D eigenvalue weighted by Crippen LogP contribution is -2.45. The van der Waals surface area contributed by atoms with Crippen LogP contribution in [0.5, 0.6) is 5.75 Å². The molecule has 0 bridgehead atoms. The number of rotatable bonds is 4. The number of hydrogen-bond donors (Lipinski definition) is 2. The Balaban J connectivity index is 2.92. The lowest BCUT2D eigenvalue weighted by atomic mass is 10.1. The first-order valence-corrected chi connectivity index (χ1v) is 8.36.